The molecule has 0 spiro atoms. The van der Waals surface area contributed by atoms with Crippen LogP contribution in [0.25, 0.3) is 0 Å². The van der Waals surface area contributed by atoms with E-state index in [1.54, 1.807) is 0 Å². The van der Waals surface area contributed by atoms with Gasteiger partial charge in [-0.15, -0.1) is 0 Å². The normalized spacial score (nSPS) is 12.8. The van der Waals surface area contributed by atoms with E-state index in [9.17, 15) is 0 Å². The van der Waals surface area contributed by atoms with Crippen molar-refractivity contribution in [1.29, 1.82) is 0 Å². The van der Waals surface area contributed by atoms with Crippen LogP contribution in [-0.2, 0) is 0 Å². The first-order valence-electron chi connectivity index (χ1n) is 6.45. The average molecular weight is 235 g/mol. The first-order chi connectivity index (χ1) is 8.04. The van der Waals surface area contributed by atoms with Crippen LogP contribution < -0.4 is 10.1 Å². The van der Waals surface area contributed by atoms with Crippen LogP contribution in [0.3, 0.4) is 0 Å². The lowest BCUT2D eigenvalue weighted by atomic mass is 10.0. The highest BCUT2D eigenvalue weighted by molar-refractivity contribution is 5.37. The summed E-state index contributed by atoms with van der Waals surface area (Å²) in [7, 11) is 1.98. The average Bonchev–Trinajstić information content (AvgIpc) is 2.30. The SMILES string of the molecule is CNC(C)CCOc1cc(C(C)C)ccc1C. The molecule has 0 aliphatic carbocycles. The number of rotatable bonds is 6. The lowest BCUT2D eigenvalue weighted by Crippen LogP contribution is -2.23. The Bertz CT molecular complexity index is 347. The second-order valence-electron chi connectivity index (χ2n) is 5.01. The lowest BCUT2D eigenvalue weighted by molar-refractivity contribution is 0.291. The van der Waals surface area contributed by atoms with E-state index in [-0.39, 0.29) is 0 Å². The van der Waals surface area contributed by atoms with E-state index in [2.05, 4.69) is 51.2 Å². The molecule has 0 saturated carbocycles. The topological polar surface area (TPSA) is 21.3 Å². The van der Waals surface area contributed by atoms with Crippen molar-refractivity contribution in [1.82, 2.24) is 5.32 Å². The Balaban J connectivity index is 2.60. The highest BCUT2D eigenvalue weighted by Crippen LogP contribution is 2.24. The van der Waals surface area contributed by atoms with Crippen molar-refractivity contribution in [3.8, 4) is 5.75 Å². The number of nitrogens with one attached hydrogen (secondary N) is 1. The molecule has 0 aliphatic heterocycles. The molecule has 0 bridgehead atoms. The summed E-state index contributed by atoms with van der Waals surface area (Å²) < 4.78 is 5.86. The van der Waals surface area contributed by atoms with E-state index >= 15 is 0 Å². The van der Waals surface area contributed by atoms with Gasteiger partial charge in [-0.05, 0) is 50.4 Å². The Labute approximate surface area is 105 Å². The minimum absolute atomic E-state index is 0.503. The molecule has 0 aliphatic rings. The lowest BCUT2D eigenvalue weighted by Gasteiger charge is -2.14. The zero-order chi connectivity index (χ0) is 12.8. The van der Waals surface area contributed by atoms with Gasteiger partial charge in [0.15, 0.2) is 0 Å². The number of ether oxygens (including phenoxy) is 1. The molecule has 1 N–H and O–H groups in total. The number of aryl methyl sites for hydroxylation is 1. The van der Waals surface area contributed by atoms with Gasteiger partial charge in [0.05, 0.1) is 6.61 Å². The predicted molar refractivity (Wildman–Crippen MR) is 73.9 cm³/mol. The summed E-state index contributed by atoms with van der Waals surface area (Å²) in [5.74, 6) is 1.58. The quantitative estimate of drug-likeness (QED) is 0.815. The summed E-state index contributed by atoms with van der Waals surface area (Å²) in [4.78, 5) is 0. The molecule has 1 atom stereocenters. The van der Waals surface area contributed by atoms with Crippen molar-refractivity contribution in [3.63, 3.8) is 0 Å². The Morgan fingerprint density at radius 3 is 2.53 bits per heavy atom. The zero-order valence-corrected chi connectivity index (χ0v) is 11.7. The highest BCUT2D eigenvalue weighted by atomic mass is 16.5. The molecule has 1 aromatic carbocycles. The van der Waals surface area contributed by atoms with Crippen molar-refractivity contribution in [3.05, 3.63) is 29.3 Å². The highest BCUT2D eigenvalue weighted by Gasteiger charge is 2.05. The van der Waals surface area contributed by atoms with E-state index in [0.717, 1.165) is 18.8 Å². The van der Waals surface area contributed by atoms with Gasteiger partial charge in [-0.1, -0.05) is 26.0 Å². The summed E-state index contributed by atoms with van der Waals surface area (Å²) in [6.07, 6.45) is 1.03. The molecular formula is C15H25NO. The molecule has 96 valence electrons. The molecule has 0 saturated heterocycles. The largest absolute Gasteiger partial charge is 0.493 e. The summed E-state index contributed by atoms with van der Waals surface area (Å²) >= 11 is 0. The third kappa shape index (κ3) is 4.39. The summed E-state index contributed by atoms with van der Waals surface area (Å²) in [5, 5.41) is 3.22. The molecule has 0 radical (unpaired) electrons. The Hall–Kier alpha value is -1.02. The number of benzene rings is 1. The van der Waals surface area contributed by atoms with Crippen molar-refractivity contribution in [2.45, 2.75) is 46.1 Å². The van der Waals surface area contributed by atoms with E-state index in [1.165, 1.54) is 11.1 Å². The van der Waals surface area contributed by atoms with E-state index in [1.807, 2.05) is 7.05 Å². The van der Waals surface area contributed by atoms with Crippen molar-refractivity contribution in [2.24, 2.45) is 0 Å². The first kappa shape index (κ1) is 14.0. The third-order valence-electron chi connectivity index (χ3n) is 3.18. The number of hydrogen-bond donors (Lipinski definition) is 1. The summed E-state index contributed by atoms with van der Waals surface area (Å²) in [6.45, 7) is 9.45. The molecule has 0 aromatic heterocycles. The number of hydrogen-bond acceptors (Lipinski definition) is 2. The van der Waals surface area contributed by atoms with E-state index in [0.29, 0.717) is 12.0 Å². The Morgan fingerprint density at radius 1 is 1.24 bits per heavy atom. The molecule has 1 unspecified atom stereocenters. The monoisotopic (exact) mass is 235 g/mol. The summed E-state index contributed by atoms with van der Waals surface area (Å²) in [6, 6.07) is 7.00. The fraction of sp³-hybridized carbons (Fsp3) is 0.600. The zero-order valence-electron chi connectivity index (χ0n) is 11.7. The van der Waals surface area contributed by atoms with Gasteiger partial charge in [-0.3, -0.25) is 0 Å². The van der Waals surface area contributed by atoms with E-state index < -0.39 is 0 Å². The second kappa shape index (κ2) is 6.65. The van der Waals surface area contributed by atoms with Gasteiger partial charge in [-0.2, -0.15) is 0 Å². The molecule has 0 heterocycles. The van der Waals surface area contributed by atoms with Gasteiger partial charge in [0.1, 0.15) is 5.75 Å². The minimum atomic E-state index is 0.503. The van der Waals surface area contributed by atoms with Gasteiger partial charge in [0.2, 0.25) is 0 Å². The maximum Gasteiger partial charge on any atom is 0.122 e. The van der Waals surface area contributed by atoms with Crippen LogP contribution in [0.1, 0.15) is 44.2 Å². The van der Waals surface area contributed by atoms with Crippen LogP contribution in [0, 0.1) is 6.92 Å². The molecule has 2 heteroatoms. The van der Waals surface area contributed by atoms with Gasteiger partial charge >= 0.3 is 0 Å². The van der Waals surface area contributed by atoms with Gasteiger partial charge in [0, 0.05) is 6.04 Å². The fourth-order valence-electron chi connectivity index (χ4n) is 1.62. The molecule has 1 aromatic rings. The first-order valence-corrected chi connectivity index (χ1v) is 6.45. The fourth-order valence-corrected chi connectivity index (χ4v) is 1.62. The van der Waals surface area contributed by atoms with Crippen LogP contribution in [0.2, 0.25) is 0 Å². The third-order valence-corrected chi connectivity index (χ3v) is 3.18. The predicted octanol–water partition coefficient (Wildman–Crippen LogP) is 3.50. The standard InChI is InChI=1S/C15H25NO/c1-11(2)14-7-6-12(3)15(10-14)17-9-8-13(4)16-5/h6-7,10-11,13,16H,8-9H2,1-5H3. The van der Waals surface area contributed by atoms with Crippen molar-refractivity contribution >= 4 is 0 Å². The van der Waals surface area contributed by atoms with Gasteiger partial charge in [0.25, 0.3) is 0 Å². The molecule has 2 nitrogen and oxygen atoms in total. The minimum Gasteiger partial charge on any atom is -0.493 e. The second-order valence-corrected chi connectivity index (χ2v) is 5.01. The maximum atomic E-state index is 5.86. The van der Waals surface area contributed by atoms with E-state index in [4.69, 9.17) is 4.74 Å². The molecule has 17 heavy (non-hydrogen) atoms. The van der Waals surface area contributed by atoms with Crippen LogP contribution in [-0.4, -0.2) is 19.7 Å². The van der Waals surface area contributed by atoms with Crippen LogP contribution in [0.15, 0.2) is 18.2 Å². The smallest absolute Gasteiger partial charge is 0.122 e. The van der Waals surface area contributed by atoms with Crippen LogP contribution in [0.4, 0.5) is 0 Å². The van der Waals surface area contributed by atoms with Gasteiger partial charge in [-0.25, -0.2) is 0 Å². The molecule has 1 rings (SSSR count). The Kier molecular flexibility index (Phi) is 5.49. The van der Waals surface area contributed by atoms with Gasteiger partial charge < -0.3 is 10.1 Å². The van der Waals surface area contributed by atoms with Crippen LogP contribution in [0.5, 0.6) is 5.75 Å². The van der Waals surface area contributed by atoms with Crippen LogP contribution >= 0.6 is 0 Å². The van der Waals surface area contributed by atoms with Crippen molar-refractivity contribution in [2.75, 3.05) is 13.7 Å². The van der Waals surface area contributed by atoms with Crippen molar-refractivity contribution < 1.29 is 4.74 Å². The summed E-state index contributed by atoms with van der Waals surface area (Å²) in [5.41, 5.74) is 2.55. The maximum absolute atomic E-state index is 5.86. The Morgan fingerprint density at radius 2 is 1.94 bits per heavy atom. The molecular weight excluding hydrogens is 210 g/mol. The molecule has 0 amide bonds. The molecule has 0 fully saturated rings.